The predicted octanol–water partition coefficient (Wildman–Crippen LogP) is 3.10. The summed E-state index contributed by atoms with van der Waals surface area (Å²) in [5.41, 5.74) is 1.45. The van der Waals surface area contributed by atoms with Gasteiger partial charge in [-0.15, -0.1) is 15.3 Å². The van der Waals surface area contributed by atoms with Crippen LogP contribution in [0, 0.1) is 0 Å². The predicted molar refractivity (Wildman–Crippen MR) is 98.1 cm³/mol. The minimum Gasteiger partial charge on any atom is -0.357 e. The Morgan fingerprint density at radius 2 is 1.67 bits per heavy atom. The van der Waals surface area contributed by atoms with Gasteiger partial charge in [0.05, 0.1) is 0 Å². The van der Waals surface area contributed by atoms with E-state index in [2.05, 4.69) is 25.1 Å². The molecule has 0 bridgehead atoms. The smallest absolute Gasteiger partial charge is 0.185 e. The van der Waals surface area contributed by atoms with Gasteiger partial charge in [-0.2, -0.15) is 4.52 Å². The zero-order valence-corrected chi connectivity index (χ0v) is 15.3. The van der Waals surface area contributed by atoms with Crippen molar-refractivity contribution in [2.75, 3.05) is 39.1 Å². The lowest BCUT2D eigenvalue weighted by atomic mass is 10.2. The van der Waals surface area contributed by atoms with Crippen LogP contribution in [0.3, 0.4) is 0 Å². The van der Waals surface area contributed by atoms with Crippen molar-refractivity contribution in [2.45, 2.75) is 0 Å². The number of hydrogen-bond donors (Lipinski definition) is 0. The van der Waals surface area contributed by atoms with Gasteiger partial charge in [-0.3, -0.25) is 0 Å². The van der Waals surface area contributed by atoms with E-state index in [0.717, 1.165) is 24.5 Å². The molecule has 126 valence electrons. The van der Waals surface area contributed by atoms with Gasteiger partial charge in [-0.25, -0.2) is 0 Å². The summed E-state index contributed by atoms with van der Waals surface area (Å²) >= 11 is 12.2. The van der Waals surface area contributed by atoms with Gasteiger partial charge in [0.2, 0.25) is 0 Å². The van der Waals surface area contributed by atoms with Crippen LogP contribution in [-0.4, -0.2) is 58.9 Å². The Labute approximate surface area is 150 Å². The minimum absolute atomic E-state index is 0.550. The van der Waals surface area contributed by atoms with Crippen LogP contribution < -0.4 is 4.90 Å². The first-order chi connectivity index (χ1) is 11.4. The van der Waals surface area contributed by atoms with E-state index in [1.165, 1.54) is 0 Å². The summed E-state index contributed by atoms with van der Waals surface area (Å²) in [5, 5.41) is 14.2. The summed E-state index contributed by atoms with van der Waals surface area (Å²) in [6, 6.07) is 9.12. The first-order valence-electron chi connectivity index (χ1n) is 7.49. The van der Waals surface area contributed by atoms with Crippen LogP contribution in [0.1, 0.15) is 0 Å². The average molecular weight is 365 g/mol. The lowest BCUT2D eigenvalue weighted by molar-refractivity contribution is 0.416. The quantitative estimate of drug-likeness (QED) is 0.696. The molecule has 1 aromatic carbocycles. The zero-order valence-electron chi connectivity index (χ0n) is 13.7. The highest BCUT2D eigenvalue weighted by Gasteiger charge is 2.13. The van der Waals surface area contributed by atoms with Crippen LogP contribution in [-0.2, 0) is 0 Å². The lowest BCUT2D eigenvalue weighted by Gasteiger charge is -2.20. The fraction of sp³-hybridized carbons (Fsp3) is 0.312. The Morgan fingerprint density at radius 3 is 2.33 bits per heavy atom. The topological polar surface area (TPSA) is 49.6 Å². The monoisotopic (exact) mass is 364 g/mol. The van der Waals surface area contributed by atoms with Gasteiger partial charge in [-0.1, -0.05) is 23.2 Å². The maximum absolute atomic E-state index is 6.10. The summed E-state index contributed by atoms with van der Waals surface area (Å²) in [5.74, 6) is 1.45. The average Bonchev–Trinajstić information content (AvgIpc) is 2.94. The Balaban J connectivity index is 2.00. The van der Waals surface area contributed by atoms with E-state index in [9.17, 15) is 0 Å². The molecule has 6 nitrogen and oxygen atoms in total. The van der Waals surface area contributed by atoms with Gasteiger partial charge < -0.3 is 9.80 Å². The fourth-order valence-corrected chi connectivity index (χ4v) is 2.84. The second kappa shape index (κ2) is 6.93. The number of anilines is 1. The molecule has 0 aliphatic rings. The number of halogens is 2. The molecule has 0 N–H and O–H groups in total. The van der Waals surface area contributed by atoms with Crippen molar-refractivity contribution in [3.05, 3.63) is 40.4 Å². The van der Waals surface area contributed by atoms with Crippen LogP contribution in [0.5, 0.6) is 0 Å². The number of benzene rings is 1. The van der Waals surface area contributed by atoms with Crippen LogP contribution in [0.2, 0.25) is 10.0 Å². The van der Waals surface area contributed by atoms with Crippen molar-refractivity contribution >= 4 is 34.7 Å². The molecule has 8 heteroatoms. The molecule has 0 amide bonds. The van der Waals surface area contributed by atoms with E-state index in [-0.39, 0.29) is 0 Å². The van der Waals surface area contributed by atoms with E-state index in [4.69, 9.17) is 23.2 Å². The van der Waals surface area contributed by atoms with Crippen LogP contribution in [0.15, 0.2) is 30.3 Å². The van der Waals surface area contributed by atoms with E-state index in [0.29, 0.717) is 21.5 Å². The Kier molecular flexibility index (Phi) is 4.89. The van der Waals surface area contributed by atoms with E-state index >= 15 is 0 Å². The van der Waals surface area contributed by atoms with Crippen LogP contribution in [0.4, 0.5) is 5.82 Å². The molecule has 0 spiro atoms. The van der Waals surface area contributed by atoms with Crippen molar-refractivity contribution in [3.63, 3.8) is 0 Å². The fourth-order valence-electron chi connectivity index (χ4n) is 2.31. The van der Waals surface area contributed by atoms with E-state index in [1.807, 2.05) is 33.3 Å². The first kappa shape index (κ1) is 17.0. The van der Waals surface area contributed by atoms with E-state index in [1.54, 1.807) is 22.7 Å². The molecule has 24 heavy (non-hydrogen) atoms. The van der Waals surface area contributed by atoms with Crippen molar-refractivity contribution in [1.29, 1.82) is 0 Å². The summed E-state index contributed by atoms with van der Waals surface area (Å²) in [4.78, 5) is 4.22. The second-order valence-electron chi connectivity index (χ2n) is 5.87. The molecule has 2 aromatic heterocycles. The molecule has 3 rings (SSSR count). The molecule has 2 heterocycles. The standard InChI is InChI=1S/C16H18Cl2N6/c1-22(2)6-7-23(3)15-5-4-14-19-20-16(24(14)21-15)11-8-12(17)10-13(18)9-11/h4-5,8-10H,6-7H2,1-3H3. The van der Waals surface area contributed by atoms with Gasteiger partial charge in [0, 0.05) is 35.7 Å². The number of rotatable bonds is 5. The van der Waals surface area contributed by atoms with E-state index < -0.39 is 0 Å². The molecule has 3 aromatic rings. The molecule has 0 saturated heterocycles. The molecule has 0 fully saturated rings. The third-order valence-electron chi connectivity index (χ3n) is 3.64. The normalized spacial score (nSPS) is 11.4. The van der Waals surface area contributed by atoms with Crippen molar-refractivity contribution in [1.82, 2.24) is 24.7 Å². The summed E-state index contributed by atoms with van der Waals surface area (Å²) in [7, 11) is 6.11. The first-order valence-corrected chi connectivity index (χ1v) is 8.24. The maximum atomic E-state index is 6.10. The molecule has 0 radical (unpaired) electrons. The molecule has 0 unspecified atom stereocenters. The maximum Gasteiger partial charge on any atom is 0.185 e. The van der Waals surface area contributed by atoms with Gasteiger partial charge in [0.15, 0.2) is 11.5 Å². The third kappa shape index (κ3) is 3.61. The molecule has 0 saturated carbocycles. The van der Waals surface area contributed by atoms with Gasteiger partial charge in [-0.05, 0) is 44.4 Å². The summed E-state index contributed by atoms with van der Waals surface area (Å²) < 4.78 is 1.71. The number of aromatic nitrogens is 4. The number of nitrogens with zero attached hydrogens (tertiary/aromatic N) is 6. The minimum atomic E-state index is 0.550. The highest BCUT2D eigenvalue weighted by Crippen LogP contribution is 2.26. The molecule has 0 atom stereocenters. The molecule has 0 aliphatic carbocycles. The van der Waals surface area contributed by atoms with Gasteiger partial charge in [0.25, 0.3) is 0 Å². The number of likely N-dealkylation sites (N-methyl/N-ethyl adjacent to an activating group) is 2. The lowest BCUT2D eigenvalue weighted by Crippen LogP contribution is -2.29. The second-order valence-corrected chi connectivity index (χ2v) is 6.74. The van der Waals surface area contributed by atoms with Gasteiger partial charge in [0.1, 0.15) is 5.82 Å². The van der Waals surface area contributed by atoms with Crippen molar-refractivity contribution in [2.24, 2.45) is 0 Å². The Hall–Kier alpha value is -1.89. The van der Waals surface area contributed by atoms with Crippen molar-refractivity contribution in [3.8, 4) is 11.4 Å². The molecular formula is C16H18Cl2N6. The molecule has 0 aliphatic heterocycles. The summed E-state index contributed by atoms with van der Waals surface area (Å²) in [6.07, 6.45) is 0. The third-order valence-corrected chi connectivity index (χ3v) is 4.08. The number of fused-ring (bicyclic) bond motifs is 1. The van der Waals surface area contributed by atoms with Crippen LogP contribution >= 0.6 is 23.2 Å². The molecular weight excluding hydrogens is 347 g/mol. The van der Waals surface area contributed by atoms with Crippen molar-refractivity contribution < 1.29 is 0 Å². The van der Waals surface area contributed by atoms with Crippen LogP contribution in [0.25, 0.3) is 17.0 Å². The van der Waals surface area contributed by atoms with Gasteiger partial charge >= 0.3 is 0 Å². The Bertz CT molecular complexity index is 841. The largest absolute Gasteiger partial charge is 0.357 e. The summed E-state index contributed by atoms with van der Waals surface area (Å²) in [6.45, 7) is 1.81. The Morgan fingerprint density at radius 1 is 0.958 bits per heavy atom. The SMILES string of the molecule is CN(C)CCN(C)c1ccc2nnc(-c3cc(Cl)cc(Cl)c3)n2n1. The highest BCUT2D eigenvalue weighted by atomic mass is 35.5. The highest BCUT2D eigenvalue weighted by molar-refractivity contribution is 6.35. The number of hydrogen-bond acceptors (Lipinski definition) is 5. The zero-order chi connectivity index (χ0) is 17.3.